The van der Waals surface area contributed by atoms with Gasteiger partial charge in [0.15, 0.2) is 0 Å². The minimum atomic E-state index is -4.87. The zero-order valence-corrected chi connectivity index (χ0v) is 21.9. The Morgan fingerprint density at radius 2 is 1.84 bits per heavy atom. The standard InChI is InChI=1S/C26H32F3N5O4/c1-5-10-32-22(35)15-21(31-11-13-37-14-12-31)30-23(32)34(26(27,28)29)17-18-16-33(24(36)38-25(2,3)4)20-9-7-6-8-19(18)20/h6-9,15-16H,5,10-14,17H2,1-4H3. The number of rotatable bonds is 6. The van der Waals surface area contributed by atoms with E-state index in [2.05, 4.69) is 4.98 Å². The molecule has 0 saturated carbocycles. The van der Waals surface area contributed by atoms with Crippen molar-refractivity contribution in [3.63, 3.8) is 0 Å². The highest BCUT2D eigenvalue weighted by molar-refractivity contribution is 5.92. The second-order valence-electron chi connectivity index (χ2n) is 10.1. The number of carbonyl (C=O) groups is 1. The number of benzene rings is 1. The van der Waals surface area contributed by atoms with Crippen molar-refractivity contribution in [1.29, 1.82) is 0 Å². The SMILES string of the molecule is CCCn1c(N(Cc2cn(C(=O)OC(C)(C)C)c3ccccc23)C(F)(F)F)nc(N2CCOCC2)cc1=O. The van der Waals surface area contributed by atoms with Gasteiger partial charge in [-0.15, -0.1) is 13.2 Å². The number of aromatic nitrogens is 3. The number of nitrogens with zero attached hydrogens (tertiary/aromatic N) is 5. The summed E-state index contributed by atoms with van der Waals surface area (Å²) in [6, 6.07) is 7.95. The van der Waals surface area contributed by atoms with Crippen LogP contribution in [0.25, 0.3) is 10.9 Å². The van der Waals surface area contributed by atoms with Gasteiger partial charge < -0.3 is 14.4 Å². The van der Waals surface area contributed by atoms with Crippen LogP contribution in [-0.2, 0) is 22.6 Å². The molecule has 0 amide bonds. The normalized spacial score (nSPS) is 14.7. The van der Waals surface area contributed by atoms with Crippen LogP contribution >= 0.6 is 0 Å². The fourth-order valence-corrected chi connectivity index (χ4v) is 4.36. The highest BCUT2D eigenvalue weighted by Crippen LogP contribution is 2.33. The summed E-state index contributed by atoms with van der Waals surface area (Å²) in [5.41, 5.74) is -0.706. The van der Waals surface area contributed by atoms with Crippen LogP contribution in [0.1, 0.15) is 39.7 Å². The zero-order chi connectivity index (χ0) is 27.7. The predicted octanol–water partition coefficient (Wildman–Crippen LogP) is 4.75. The molecule has 9 nitrogen and oxygen atoms in total. The number of para-hydroxylation sites is 1. The van der Waals surface area contributed by atoms with Crippen molar-refractivity contribution in [2.75, 3.05) is 36.1 Å². The maximum atomic E-state index is 14.6. The van der Waals surface area contributed by atoms with Gasteiger partial charge in [0.25, 0.3) is 5.56 Å². The zero-order valence-electron chi connectivity index (χ0n) is 21.9. The number of halogens is 3. The molecule has 1 aromatic carbocycles. The molecule has 0 radical (unpaired) electrons. The summed E-state index contributed by atoms with van der Waals surface area (Å²) < 4.78 is 57.0. The summed E-state index contributed by atoms with van der Waals surface area (Å²) in [6.45, 7) is 7.93. The third kappa shape index (κ3) is 5.95. The van der Waals surface area contributed by atoms with Gasteiger partial charge in [-0.1, -0.05) is 25.1 Å². The van der Waals surface area contributed by atoms with E-state index in [9.17, 15) is 22.8 Å². The summed E-state index contributed by atoms with van der Waals surface area (Å²) in [7, 11) is 0. The molecule has 206 valence electrons. The van der Waals surface area contributed by atoms with Gasteiger partial charge in [-0.25, -0.2) is 9.69 Å². The molecule has 0 atom stereocenters. The molecule has 0 unspecified atom stereocenters. The van der Waals surface area contributed by atoms with Crippen LogP contribution in [0.15, 0.2) is 41.3 Å². The van der Waals surface area contributed by atoms with Crippen LogP contribution in [0, 0.1) is 0 Å². The maximum absolute atomic E-state index is 14.6. The van der Waals surface area contributed by atoms with Crippen LogP contribution in [0.5, 0.6) is 0 Å². The molecular weight excluding hydrogens is 503 g/mol. The molecule has 3 heterocycles. The lowest BCUT2D eigenvalue weighted by atomic mass is 10.1. The molecule has 0 bridgehead atoms. The van der Waals surface area contributed by atoms with Crippen molar-refractivity contribution in [2.45, 2.75) is 59.1 Å². The van der Waals surface area contributed by atoms with Crippen molar-refractivity contribution >= 4 is 28.8 Å². The quantitative estimate of drug-likeness (QED) is 0.421. The molecule has 1 fully saturated rings. The molecule has 2 aromatic heterocycles. The smallest absolute Gasteiger partial charge is 0.443 e. The second-order valence-corrected chi connectivity index (χ2v) is 10.1. The first-order chi connectivity index (χ1) is 17.9. The van der Waals surface area contributed by atoms with Gasteiger partial charge in [0.1, 0.15) is 11.4 Å². The highest BCUT2D eigenvalue weighted by Gasteiger charge is 2.41. The molecule has 1 aliphatic heterocycles. The Morgan fingerprint density at radius 1 is 1.16 bits per heavy atom. The molecule has 1 saturated heterocycles. The fourth-order valence-electron chi connectivity index (χ4n) is 4.36. The first-order valence-electron chi connectivity index (χ1n) is 12.5. The molecule has 12 heteroatoms. The summed E-state index contributed by atoms with van der Waals surface area (Å²) in [6.07, 6.45) is -3.78. The summed E-state index contributed by atoms with van der Waals surface area (Å²) in [5.74, 6) is -0.325. The lowest BCUT2D eigenvalue weighted by molar-refractivity contribution is -0.132. The Labute approximate surface area is 218 Å². The molecule has 4 rings (SSSR count). The minimum Gasteiger partial charge on any atom is -0.443 e. The fraction of sp³-hybridized carbons (Fsp3) is 0.500. The average molecular weight is 536 g/mol. The van der Waals surface area contributed by atoms with Crippen LogP contribution < -0.4 is 15.4 Å². The number of hydrogen-bond acceptors (Lipinski definition) is 7. The van der Waals surface area contributed by atoms with Gasteiger partial charge in [-0.2, -0.15) is 4.98 Å². The molecular formula is C26H32F3N5O4. The molecule has 0 spiro atoms. The number of hydrogen-bond donors (Lipinski definition) is 0. The number of morpholine rings is 1. The molecule has 0 aliphatic carbocycles. The molecule has 1 aliphatic rings. The van der Waals surface area contributed by atoms with E-state index in [0.717, 1.165) is 4.57 Å². The third-order valence-corrected chi connectivity index (χ3v) is 6.02. The predicted molar refractivity (Wildman–Crippen MR) is 138 cm³/mol. The summed E-state index contributed by atoms with van der Waals surface area (Å²) in [4.78, 5) is 32.2. The van der Waals surface area contributed by atoms with Crippen molar-refractivity contribution in [1.82, 2.24) is 14.1 Å². The van der Waals surface area contributed by atoms with E-state index < -0.39 is 36.0 Å². The number of ether oxygens (including phenoxy) is 2. The van der Waals surface area contributed by atoms with Gasteiger partial charge in [0, 0.05) is 37.3 Å². The van der Waals surface area contributed by atoms with Gasteiger partial charge in [0.05, 0.1) is 25.3 Å². The lowest BCUT2D eigenvalue weighted by Crippen LogP contribution is -2.43. The van der Waals surface area contributed by atoms with E-state index in [-0.39, 0.29) is 22.8 Å². The van der Waals surface area contributed by atoms with Crippen LogP contribution in [0.3, 0.4) is 0 Å². The van der Waals surface area contributed by atoms with Gasteiger partial charge in [-0.05, 0) is 38.8 Å². The van der Waals surface area contributed by atoms with Crippen molar-refractivity contribution in [3.8, 4) is 0 Å². The van der Waals surface area contributed by atoms with Crippen molar-refractivity contribution in [3.05, 3.63) is 52.4 Å². The lowest BCUT2D eigenvalue weighted by Gasteiger charge is -2.31. The van der Waals surface area contributed by atoms with Crippen LogP contribution in [0.4, 0.5) is 29.7 Å². The first-order valence-corrected chi connectivity index (χ1v) is 12.5. The molecule has 3 aromatic rings. The monoisotopic (exact) mass is 535 g/mol. The highest BCUT2D eigenvalue weighted by atomic mass is 19.4. The number of carbonyl (C=O) groups excluding carboxylic acids is 1. The van der Waals surface area contributed by atoms with Gasteiger partial charge in [0.2, 0.25) is 5.95 Å². The Bertz CT molecular complexity index is 1350. The van der Waals surface area contributed by atoms with Crippen LogP contribution in [-0.4, -0.2) is 58.4 Å². The first kappa shape index (κ1) is 27.5. The molecule has 0 N–H and O–H groups in total. The number of anilines is 2. The van der Waals surface area contributed by atoms with E-state index in [4.69, 9.17) is 9.47 Å². The largest absolute Gasteiger partial charge is 0.487 e. The van der Waals surface area contributed by atoms with E-state index >= 15 is 0 Å². The Morgan fingerprint density at radius 3 is 2.47 bits per heavy atom. The topological polar surface area (TPSA) is 81.8 Å². The summed E-state index contributed by atoms with van der Waals surface area (Å²) in [5, 5.41) is 0.460. The summed E-state index contributed by atoms with van der Waals surface area (Å²) >= 11 is 0. The van der Waals surface area contributed by atoms with E-state index in [0.29, 0.717) is 43.6 Å². The van der Waals surface area contributed by atoms with Crippen molar-refractivity contribution < 1.29 is 27.4 Å². The van der Waals surface area contributed by atoms with Crippen LogP contribution in [0.2, 0.25) is 0 Å². The van der Waals surface area contributed by atoms with E-state index in [1.807, 2.05) is 0 Å². The van der Waals surface area contributed by atoms with E-state index in [1.54, 1.807) is 56.9 Å². The average Bonchev–Trinajstić information content (AvgIpc) is 3.21. The second kappa shape index (κ2) is 10.7. The van der Waals surface area contributed by atoms with E-state index in [1.165, 1.54) is 16.8 Å². The Hall–Kier alpha value is -3.54. The third-order valence-electron chi connectivity index (χ3n) is 6.02. The number of alkyl halides is 3. The Balaban J connectivity index is 1.82. The van der Waals surface area contributed by atoms with Crippen molar-refractivity contribution in [2.24, 2.45) is 0 Å². The van der Waals surface area contributed by atoms with Gasteiger partial charge >= 0.3 is 12.4 Å². The van der Waals surface area contributed by atoms with Gasteiger partial charge in [-0.3, -0.25) is 13.9 Å². The maximum Gasteiger partial charge on any atom is 0.487 e. The number of fused-ring (bicyclic) bond motifs is 1. The minimum absolute atomic E-state index is 0.0663. The molecule has 38 heavy (non-hydrogen) atoms. The Kier molecular flexibility index (Phi) is 7.73.